The topological polar surface area (TPSA) is 113 Å². The van der Waals surface area contributed by atoms with Gasteiger partial charge in [-0.3, -0.25) is 24.0 Å². The van der Waals surface area contributed by atoms with Crippen LogP contribution >= 0.6 is 0 Å². The van der Waals surface area contributed by atoms with Crippen molar-refractivity contribution in [1.29, 1.82) is 0 Å². The molecule has 2 aromatic carbocycles. The van der Waals surface area contributed by atoms with Crippen molar-refractivity contribution in [2.24, 2.45) is 39.9 Å². The van der Waals surface area contributed by atoms with Crippen LogP contribution in [0.25, 0.3) is 16.3 Å². The second-order valence-electron chi connectivity index (χ2n) is 20.3. The molecule has 0 aromatic heterocycles. The van der Waals surface area contributed by atoms with Gasteiger partial charge in [0.15, 0.2) is 0 Å². The monoisotopic (exact) mass is 806 g/mol. The first-order chi connectivity index (χ1) is 27.7. The fourth-order valence-corrected chi connectivity index (χ4v) is 10.1. The van der Waals surface area contributed by atoms with Crippen LogP contribution in [0.15, 0.2) is 54.6 Å². The SMILES string of the molecule is C=CC1CC1(CC(=O)C1CC(Oc2cc(C3=CCC(CC(=O)CC(C)(C)C)=C3)cc3c(C)c(OC)ccc23)CC1C(=O)C(CC(=O)OC1CCCC1)C(C)(C)C)C(C)=O. The Hall–Kier alpha value is -4.33. The van der Waals surface area contributed by atoms with E-state index in [-0.39, 0.29) is 59.4 Å². The highest BCUT2D eigenvalue weighted by atomic mass is 16.5. The summed E-state index contributed by atoms with van der Waals surface area (Å²) in [4.78, 5) is 68.6. The van der Waals surface area contributed by atoms with Gasteiger partial charge in [0.2, 0.25) is 0 Å². The van der Waals surface area contributed by atoms with Crippen LogP contribution in [0.1, 0.15) is 137 Å². The van der Waals surface area contributed by atoms with E-state index in [0.29, 0.717) is 44.3 Å². The summed E-state index contributed by atoms with van der Waals surface area (Å²) in [6.07, 6.45) is 12.0. The molecule has 0 radical (unpaired) electrons. The van der Waals surface area contributed by atoms with Crippen LogP contribution in [0.5, 0.6) is 11.5 Å². The van der Waals surface area contributed by atoms with Crippen molar-refractivity contribution in [2.75, 3.05) is 7.11 Å². The van der Waals surface area contributed by atoms with E-state index in [0.717, 1.165) is 64.5 Å². The molecule has 6 atom stereocenters. The zero-order valence-electron chi connectivity index (χ0n) is 37.0. The van der Waals surface area contributed by atoms with E-state index in [4.69, 9.17) is 14.2 Å². The highest BCUT2D eigenvalue weighted by molar-refractivity contribution is 5.98. The largest absolute Gasteiger partial charge is 0.496 e. The summed E-state index contributed by atoms with van der Waals surface area (Å²) >= 11 is 0. The van der Waals surface area contributed by atoms with Crippen LogP contribution < -0.4 is 9.47 Å². The minimum Gasteiger partial charge on any atom is -0.496 e. The predicted molar refractivity (Wildman–Crippen MR) is 232 cm³/mol. The van der Waals surface area contributed by atoms with Gasteiger partial charge in [-0.25, -0.2) is 0 Å². The van der Waals surface area contributed by atoms with Gasteiger partial charge in [-0.15, -0.1) is 6.58 Å². The number of aryl methyl sites for hydroxylation is 1. The lowest BCUT2D eigenvalue weighted by molar-refractivity contribution is -0.154. The molecule has 6 unspecified atom stereocenters. The van der Waals surface area contributed by atoms with E-state index in [9.17, 15) is 24.0 Å². The molecule has 0 amide bonds. The second kappa shape index (κ2) is 17.3. The molecule has 0 aliphatic heterocycles. The zero-order valence-corrected chi connectivity index (χ0v) is 37.0. The lowest BCUT2D eigenvalue weighted by Gasteiger charge is -2.32. The van der Waals surface area contributed by atoms with Crippen LogP contribution in [0, 0.1) is 46.8 Å². The Balaban J connectivity index is 1.32. The van der Waals surface area contributed by atoms with Crippen LogP contribution in [0.3, 0.4) is 0 Å². The van der Waals surface area contributed by atoms with E-state index < -0.39 is 34.7 Å². The third-order valence-electron chi connectivity index (χ3n) is 13.5. The number of Topliss-reactive ketones (excluding diaryl/α,β-unsaturated/α-hetero) is 4. The van der Waals surface area contributed by atoms with Crippen molar-refractivity contribution >= 4 is 45.4 Å². The quantitative estimate of drug-likeness (QED) is 0.115. The Morgan fingerprint density at radius 2 is 1.63 bits per heavy atom. The Bertz CT molecular complexity index is 2060. The molecule has 8 heteroatoms. The molecule has 59 heavy (non-hydrogen) atoms. The number of esters is 1. The maximum atomic E-state index is 14.9. The average molecular weight is 807 g/mol. The Kier molecular flexibility index (Phi) is 13.0. The molecular formula is C51H66O8. The summed E-state index contributed by atoms with van der Waals surface area (Å²) in [5, 5.41) is 1.85. The smallest absolute Gasteiger partial charge is 0.306 e. The van der Waals surface area contributed by atoms with Gasteiger partial charge < -0.3 is 14.2 Å². The van der Waals surface area contributed by atoms with Crippen molar-refractivity contribution < 1.29 is 38.2 Å². The number of allylic oxidation sites excluding steroid dienone is 5. The summed E-state index contributed by atoms with van der Waals surface area (Å²) in [6, 6.07) is 8.08. The van der Waals surface area contributed by atoms with Crippen LogP contribution in [-0.4, -0.2) is 48.4 Å². The molecule has 4 aliphatic carbocycles. The number of ether oxygens (including phenoxy) is 3. The summed E-state index contributed by atoms with van der Waals surface area (Å²) in [7, 11) is 1.65. The Morgan fingerprint density at radius 1 is 0.932 bits per heavy atom. The predicted octanol–water partition coefficient (Wildman–Crippen LogP) is 10.9. The molecule has 8 nitrogen and oxygen atoms in total. The van der Waals surface area contributed by atoms with Crippen LogP contribution in [-0.2, 0) is 28.7 Å². The molecule has 0 spiro atoms. The number of methoxy groups -OCH3 is 1. The van der Waals surface area contributed by atoms with Gasteiger partial charge in [0, 0.05) is 47.8 Å². The molecule has 2 aromatic rings. The number of benzene rings is 2. The van der Waals surface area contributed by atoms with E-state index >= 15 is 0 Å². The third-order valence-corrected chi connectivity index (χ3v) is 13.5. The van der Waals surface area contributed by atoms with Crippen molar-refractivity contribution in [3.8, 4) is 11.5 Å². The zero-order chi connectivity index (χ0) is 43.0. The number of ketones is 4. The summed E-state index contributed by atoms with van der Waals surface area (Å²) in [6.45, 7) is 19.6. The number of hydrogen-bond acceptors (Lipinski definition) is 8. The van der Waals surface area contributed by atoms with E-state index in [2.05, 4.69) is 45.6 Å². The Morgan fingerprint density at radius 3 is 2.24 bits per heavy atom. The van der Waals surface area contributed by atoms with E-state index in [1.54, 1.807) is 20.1 Å². The van der Waals surface area contributed by atoms with E-state index in [1.807, 2.05) is 45.9 Å². The molecule has 0 saturated heterocycles. The summed E-state index contributed by atoms with van der Waals surface area (Å²) in [5.74, 6) is -1.09. The minimum absolute atomic E-state index is 0.0299. The molecule has 3 fully saturated rings. The molecule has 6 rings (SSSR count). The van der Waals surface area contributed by atoms with Crippen molar-refractivity contribution in [1.82, 2.24) is 0 Å². The maximum Gasteiger partial charge on any atom is 0.306 e. The Labute approximate surface area is 351 Å². The van der Waals surface area contributed by atoms with Crippen LogP contribution in [0.2, 0.25) is 0 Å². The number of fused-ring (bicyclic) bond motifs is 1. The molecule has 318 valence electrons. The molecule has 4 aliphatic rings. The first-order valence-electron chi connectivity index (χ1n) is 21.8. The van der Waals surface area contributed by atoms with Crippen molar-refractivity contribution in [3.63, 3.8) is 0 Å². The number of rotatable bonds is 17. The third kappa shape index (κ3) is 10.0. The lowest BCUT2D eigenvalue weighted by Crippen LogP contribution is -2.39. The number of carbonyl (C=O) groups is 5. The standard InChI is InChI=1S/C51H66O8/c1-11-35-27-51(35,31(3)52)29-44(54)41-24-38(25-42(41)48(56)43(50(7,8)9)26-47(55)59-37-14-12-13-15-37)58-46-23-34(22-40-30(2)45(57-10)19-18-39(40)46)33-17-16-32(20-33)21-36(53)28-49(4,5)6/h11,17-20,22-23,35,37-38,41-43H,1,12-16,21,24-29H2,2-10H3. The maximum absolute atomic E-state index is 14.9. The second-order valence-corrected chi connectivity index (χ2v) is 20.3. The van der Waals surface area contributed by atoms with Gasteiger partial charge in [0.05, 0.1) is 13.5 Å². The highest BCUT2D eigenvalue weighted by Crippen LogP contribution is 2.58. The fourth-order valence-electron chi connectivity index (χ4n) is 10.1. The average Bonchev–Trinajstić information content (AvgIpc) is 3.56. The van der Waals surface area contributed by atoms with Crippen molar-refractivity contribution in [2.45, 2.75) is 145 Å². The normalized spacial score (nSPS) is 25.0. The van der Waals surface area contributed by atoms with E-state index in [1.165, 1.54) is 0 Å². The number of carbonyl (C=O) groups excluding carboxylic acids is 5. The van der Waals surface area contributed by atoms with Gasteiger partial charge in [0.25, 0.3) is 0 Å². The number of hydrogen-bond donors (Lipinski definition) is 0. The molecule has 0 bridgehead atoms. The first kappa shape index (κ1) is 44.2. The van der Waals surface area contributed by atoms with Gasteiger partial charge in [-0.1, -0.05) is 65.3 Å². The van der Waals surface area contributed by atoms with Crippen LogP contribution in [0.4, 0.5) is 0 Å². The fraction of sp³-hybridized carbons (Fsp3) is 0.588. The summed E-state index contributed by atoms with van der Waals surface area (Å²) in [5.41, 5.74) is 2.58. The molecule has 0 N–H and O–H groups in total. The van der Waals surface area contributed by atoms with Crippen molar-refractivity contribution in [3.05, 3.63) is 65.8 Å². The molecule has 0 heterocycles. The van der Waals surface area contributed by atoms with Gasteiger partial charge in [0.1, 0.15) is 46.8 Å². The van der Waals surface area contributed by atoms with Gasteiger partial charge in [-0.05, 0) is 128 Å². The minimum atomic E-state index is -0.778. The first-order valence-corrected chi connectivity index (χ1v) is 21.8. The highest BCUT2D eigenvalue weighted by Gasteiger charge is 2.59. The lowest BCUT2D eigenvalue weighted by atomic mass is 9.70. The summed E-state index contributed by atoms with van der Waals surface area (Å²) < 4.78 is 18.5. The van der Waals surface area contributed by atoms with Gasteiger partial charge >= 0.3 is 5.97 Å². The molecular weight excluding hydrogens is 741 g/mol. The molecule has 3 saturated carbocycles. The van der Waals surface area contributed by atoms with Gasteiger partial charge in [-0.2, -0.15) is 0 Å².